The van der Waals surface area contributed by atoms with Crippen molar-refractivity contribution in [3.63, 3.8) is 0 Å². The monoisotopic (exact) mass is 645 g/mol. The van der Waals surface area contributed by atoms with Crippen LogP contribution in [0.2, 0.25) is 0 Å². The van der Waals surface area contributed by atoms with Gasteiger partial charge in [-0.1, -0.05) is 79.7 Å². The lowest BCUT2D eigenvalue weighted by Gasteiger charge is -2.34. The molecule has 0 aliphatic carbocycles. The van der Waals surface area contributed by atoms with Gasteiger partial charge in [-0.15, -0.1) is 0 Å². The minimum Gasteiger partial charge on any atom is -0.492 e. The Morgan fingerprint density at radius 3 is 2.07 bits per heavy atom. The summed E-state index contributed by atoms with van der Waals surface area (Å²) in [6, 6.07) is 28.3. The van der Waals surface area contributed by atoms with Crippen LogP contribution < -0.4 is 14.4 Å². The Morgan fingerprint density at radius 1 is 0.826 bits per heavy atom. The van der Waals surface area contributed by atoms with Crippen molar-refractivity contribution in [3.8, 4) is 5.75 Å². The molecule has 0 heterocycles. The number of benzene rings is 4. The van der Waals surface area contributed by atoms with Gasteiger partial charge in [-0.05, 0) is 67.8 Å². The highest BCUT2D eigenvalue weighted by Gasteiger charge is 2.35. The van der Waals surface area contributed by atoms with Crippen molar-refractivity contribution in [2.24, 2.45) is 0 Å². The van der Waals surface area contributed by atoms with E-state index in [0.29, 0.717) is 12.0 Å². The van der Waals surface area contributed by atoms with E-state index < -0.39 is 34.3 Å². The van der Waals surface area contributed by atoms with Gasteiger partial charge < -0.3 is 15.0 Å². The third-order valence-electron chi connectivity index (χ3n) is 7.58. The van der Waals surface area contributed by atoms with Crippen LogP contribution in [0, 0.1) is 5.82 Å². The van der Waals surface area contributed by atoms with Crippen LogP contribution in [0.3, 0.4) is 0 Å². The van der Waals surface area contributed by atoms with Gasteiger partial charge in [-0.2, -0.15) is 0 Å². The Bertz CT molecular complexity index is 1690. The predicted molar refractivity (Wildman–Crippen MR) is 177 cm³/mol. The Labute approximate surface area is 270 Å². The molecule has 2 amide bonds. The SMILES string of the molecule is CCOc1ccccc1N(CC(=O)N(Cc1ccc(F)cc1)[C@H](Cc1ccccc1)C(=O)N[C@@H](C)CC)S(=O)(=O)c1ccccc1. The molecule has 10 heteroatoms. The first-order valence-corrected chi connectivity index (χ1v) is 16.8. The van der Waals surface area contributed by atoms with Crippen molar-refractivity contribution in [3.05, 3.63) is 126 Å². The summed E-state index contributed by atoms with van der Waals surface area (Å²) in [7, 11) is -4.27. The first kappa shape index (κ1) is 34.2. The maximum atomic E-state index is 14.6. The quantitative estimate of drug-likeness (QED) is 0.172. The van der Waals surface area contributed by atoms with E-state index in [1.54, 1.807) is 61.5 Å². The number of halogens is 1. The minimum absolute atomic E-state index is 0.00506. The van der Waals surface area contributed by atoms with E-state index in [0.717, 1.165) is 9.87 Å². The fourth-order valence-electron chi connectivity index (χ4n) is 4.96. The lowest BCUT2D eigenvalue weighted by Crippen LogP contribution is -2.54. The van der Waals surface area contributed by atoms with Crippen LogP contribution in [0.4, 0.5) is 10.1 Å². The molecule has 46 heavy (non-hydrogen) atoms. The van der Waals surface area contributed by atoms with E-state index in [-0.39, 0.29) is 47.9 Å². The van der Waals surface area contributed by atoms with Crippen molar-refractivity contribution in [2.75, 3.05) is 17.5 Å². The summed E-state index contributed by atoms with van der Waals surface area (Å²) < 4.78 is 49.1. The number of ether oxygens (including phenoxy) is 1. The van der Waals surface area contributed by atoms with Gasteiger partial charge in [-0.3, -0.25) is 13.9 Å². The maximum absolute atomic E-state index is 14.6. The summed E-state index contributed by atoms with van der Waals surface area (Å²) in [4.78, 5) is 29.8. The lowest BCUT2D eigenvalue weighted by atomic mass is 10.0. The molecule has 0 unspecified atom stereocenters. The summed E-state index contributed by atoms with van der Waals surface area (Å²) in [5.41, 5.74) is 1.59. The molecule has 0 saturated heterocycles. The van der Waals surface area contributed by atoms with E-state index in [9.17, 15) is 22.4 Å². The van der Waals surface area contributed by atoms with Gasteiger partial charge in [0.05, 0.1) is 17.2 Å². The highest BCUT2D eigenvalue weighted by molar-refractivity contribution is 7.92. The molecule has 0 saturated carbocycles. The maximum Gasteiger partial charge on any atom is 0.264 e. The Kier molecular flexibility index (Phi) is 11.9. The average molecular weight is 646 g/mol. The molecule has 0 aromatic heterocycles. The second-order valence-electron chi connectivity index (χ2n) is 10.9. The minimum atomic E-state index is -4.27. The predicted octanol–water partition coefficient (Wildman–Crippen LogP) is 5.97. The molecular weight excluding hydrogens is 605 g/mol. The normalized spacial score (nSPS) is 12.5. The van der Waals surface area contributed by atoms with Gasteiger partial charge in [0.25, 0.3) is 10.0 Å². The summed E-state index contributed by atoms with van der Waals surface area (Å²) >= 11 is 0. The van der Waals surface area contributed by atoms with Crippen molar-refractivity contribution < 1.29 is 27.1 Å². The van der Waals surface area contributed by atoms with Crippen molar-refractivity contribution >= 4 is 27.5 Å². The van der Waals surface area contributed by atoms with Gasteiger partial charge >= 0.3 is 0 Å². The van der Waals surface area contributed by atoms with Crippen molar-refractivity contribution in [1.29, 1.82) is 0 Å². The summed E-state index contributed by atoms with van der Waals surface area (Å²) in [6.45, 7) is 5.20. The molecular formula is C36H40FN3O5S. The summed E-state index contributed by atoms with van der Waals surface area (Å²) in [5.74, 6) is -1.14. The fraction of sp³-hybridized carbons (Fsp3) is 0.278. The number of amides is 2. The van der Waals surface area contributed by atoms with Gasteiger partial charge in [0.2, 0.25) is 11.8 Å². The number of carbonyl (C=O) groups is 2. The molecule has 4 rings (SSSR count). The number of nitrogens with zero attached hydrogens (tertiary/aromatic N) is 2. The average Bonchev–Trinajstić information content (AvgIpc) is 3.07. The van der Waals surface area contributed by atoms with E-state index >= 15 is 0 Å². The zero-order valence-electron chi connectivity index (χ0n) is 26.3. The second kappa shape index (κ2) is 16.0. The first-order valence-electron chi connectivity index (χ1n) is 15.3. The third-order valence-corrected chi connectivity index (χ3v) is 9.36. The summed E-state index contributed by atoms with van der Waals surface area (Å²) in [6.07, 6.45) is 0.851. The number of hydrogen-bond donors (Lipinski definition) is 1. The Balaban J connectivity index is 1.83. The Morgan fingerprint density at radius 2 is 1.43 bits per heavy atom. The van der Waals surface area contributed by atoms with Gasteiger partial charge in [0.1, 0.15) is 24.2 Å². The highest BCUT2D eigenvalue weighted by atomic mass is 32.2. The highest BCUT2D eigenvalue weighted by Crippen LogP contribution is 2.33. The molecule has 0 fully saturated rings. The largest absolute Gasteiger partial charge is 0.492 e. The van der Waals surface area contributed by atoms with Crippen LogP contribution in [-0.4, -0.2) is 50.4 Å². The molecule has 4 aromatic rings. The number of sulfonamides is 1. The lowest BCUT2D eigenvalue weighted by molar-refractivity contribution is -0.140. The fourth-order valence-corrected chi connectivity index (χ4v) is 6.40. The molecule has 0 spiro atoms. The Hall–Kier alpha value is -4.70. The van der Waals surface area contributed by atoms with Crippen LogP contribution in [-0.2, 0) is 32.6 Å². The number of para-hydroxylation sites is 2. The second-order valence-corrected chi connectivity index (χ2v) is 12.8. The zero-order valence-corrected chi connectivity index (χ0v) is 27.1. The van der Waals surface area contributed by atoms with Crippen LogP contribution in [0.15, 0.2) is 114 Å². The third kappa shape index (κ3) is 8.72. The molecule has 0 bridgehead atoms. The number of nitrogens with one attached hydrogen (secondary N) is 1. The molecule has 0 aliphatic rings. The number of anilines is 1. The molecule has 4 aromatic carbocycles. The molecule has 0 aliphatic heterocycles. The smallest absolute Gasteiger partial charge is 0.264 e. The van der Waals surface area contributed by atoms with Gasteiger partial charge in [0.15, 0.2) is 0 Å². The van der Waals surface area contributed by atoms with Crippen LogP contribution in [0.5, 0.6) is 5.75 Å². The summed E-state index contributed by atoms with van der Waals surface area (Å²) in [5, 5.41) is 3.00. The van der Waals surface area contributed by atoms with Gasteiger partial charge in [-0.25, -0.2) is 12.8 Å². The molecule has 242 valence electrons. The molecule has 1 N–H and O–H groups in total. The van der Waals surface area contributed by atoms with E-state index in [4.69, 9.17) is 4.74 Å². The van der Waals surface area contributed by atoms with Crippen molar-refractivity contribution in [1.82, 2.24) is 10.2 Å². The number of carbonyl (C=O) groups excluding carboxylic acids is 2. The van der Waals surface area contributed by atoms with Crippen LogP contribution >= 0.6 is 0 Å². The number of rotatable bonds is 15. The molecule has 2 atom stereocenters. The van der Waals surface area contributed by atoms with Gasteiger partial charge in [0, 0.05) is 19.0 Å². The zero-order chi connectivity index (χ0) is 33.1. The number of hydrogen-bond acceptors (Lipinski definition) is 5. The standard InChI is InChI=1S/C36H40FN3O5S/c1-4-27(3)38-36(42)33(24-28-14-8-6-9-15-28)39(25-29-20-22-30(37)23-21-29)35(41)26-40(32-18-12-13-19-34(32)45-5-2)46(43,44)31-16-10-7-11-17-31/h6-23,27,33H,4-5,24-26H2,1-3H3,(H,38,42)/t27-,33+/m0/s1. The van der Waals surface area contributed by atoms with Crippen LogP contribution in [0.1, 0.15) is 38.3 Å². The van der Waals surface area contributed by atoms with E-state index in [2.05, 4.69) is 5.32 Å². The van der Waals surface area contributed by atoms with E-state index in [1.165, 1.54) is 29.2 Å². The van der Waals surface area contributed by atoms with Crippen LogP contribution in [0.25, 0.3) is 0 Å². The van der Waals surface area contributed by atoms with Crippen molar-refractivity contribution in [2.45, 2.75) is 57.1 Å². The molecule has 0 radical (unpaired) electrons. The topological polar surface area (TPSA) is 96.0 Å². The van der Waals surface area contributed by atoms with E-state index in [1.807, 2.05) is 44.2 Å². The molecule has 8 nitrogen and oxygen atoms in total. The first-order chi connectivity index (χ1) is 22.1.